The third-order valence-corrected chi connectivity index (χ3v) is 3.64. The summed E-state index contributed by atoms with van der Waals surface area (Å²) in [7, 11) is 0. The van der Waals surface area contributed by atoms with Crippen molar-refractivity contribution in [2.24, 2.45) is 0 Å². The predicted molar refractivity (Wildman–Crippen MR) is 72.1 cm³/mol. The Hall–Kier alpha value is -2.22. The number of carbonyl (C=O) groups is 1. The van der Waals surface area contributed by atoms with Gasteiger partial charge in [-0.25, -0.2) is 9.18 Å². The molecule has 0 aromatic heterocycles. The Kier molecular flexibility index (Phi) is 4.37. The Morgan fingerprint density at radius 2 is 2.19 bits per heavy atom. The van der Waals surface area contributed by atoms with E-state index in [2.05, 4.69) is 0 Å². The van der Waals surface area contributed by atoms with Crippen LogP contribution in [0.1, 0.15) is 29.6 Å². The standard InChI is InChI=1S/C13H15FN2O5/c14-10-6-11(16(20)21)9(13(18)19)5-12(10)15-4-2-1-3-8(15)7-17/h5-6,8,17H,1-4,7H2,(H,18,19). The molecule has 0 spiro atoms. The highest BCUT2D eigenvalue weighted by molar-refractivity contribution is 5.93. The SMILES string of the molecule is O=C(O)c1cc(N2CCCCC2CO)c(F)cc1[N+](=O)[O-]. The van der Waals surface area contributed by atoms with Gasteiger partial charge in [0.25, 0.3) is 5.69 Å². The van der Waals surface area contributed by atoms with Crippen LogP contribution < -0.4 is 4.90 Å². The Morgan fingerprint density at radius 3 is 2.76 bits per heavy atom. The Balaban J connectivity index is 2.51. The van der Waals surface area contributed by atoms with E-state index in [9.17, 15) is 24.4 Å². The maximum absolute atomic E-state index is 14.1. The second-order valence-electron chi connectivity index (χ2n) is 4.91. The number of aliphatic hydroxyl groups is 1. The average molecular weight is 298 g/mol. The number of hydrogen-bond donors (Lipinski definition) is 2. The maximum Gasteiger partial charge on any atom is 0.342 e. The molecular formula is C13H15FN2O5. The fourth-order valence-electron chi connectivity index (χ4n) is 2.60. The lowest BCUT2D eigenvalue weighted by atomic mass is 10.0. The van der Waals surface area contributed by atoms with Crippen LogP contribution in [-0.2, 0) is 0 Å². The van der Waals surface area contributed by atoms with E-state index in [1.807, 2.05) is 0 Å². The maximum atomic E-state index is 14.1. The first-order chi connectivity index (χ1) is 9.95. The summed E-state index contributed by atoms with van der Waals surface area (Å²) in [5.41, 5.74) is -1.35. The number of carboxylic acid groups (broad SMARTS) is 1. The number of nitro benzene ring substituents is 1. The Labute approximate surface area is 119 Å². The van der Waals surface area contributed by atoms with Crippen molar-refractivity contribution in [2.75, 3.05) is 18.1 Å². The van der Waals surface area contributed by atoms with Gasteiger partial charge in [0.15, 0.2) is 5.82 Å². The van der Waals surface area contributed by atoms with E-state index in [4.69, 9.17) is 5.11 Å². The smallest absolute Gasteiger partial charge is 0.342 e. The quantitative estimate of drug-likeness (QED) is 0.648. The van der Waals surface area contributed by atoms with E-state index in [1.165, 1.54) is 0 Å². The molecule has 1 aliphatic heterocycles. The largest absolute Gasteiger partial charge is 0.477 e. The molecule has 2 N–H and O–H groups in total. The molecule has 1 aromatic carbocycles. The van der Waals surface area contributed by atoms with Crippen LogP contribution in [0, 0.1) is 15.9 Å². The van der Waals surface area contributed by atoms with Gasteiger partial charge >= 0.3 is 5.97 Å². The molecule has 1 aliphatic rings. The number of piperidine rings is 1. The van der Waals surface area contributed by atoms with Crippen molar-refractivity contribution in [3.8, 4) is 0 Å². The number of hydrogen-bond acceptors (Lipinski definition) is 5. The van der Waals surface area contributed by atoms with E-state index < -0.39 is 28.0 Å². The zero-order valence-electron chi connectivity index (χ0n) is 11.2. The molecule has 114 valence electrons. The molecule has 0 aliphatic carbocycles. The van der Waals surface area contributed by atoms with Gasteiger partial charge in [-0.05, 0) is 25.3 Å². The van der Waals surface area contributed by atoms with Gasteiger partial charge < -0.3 is 15.1 Å². The third-order valence-electron chi connectivity index (χ3n) is 3.64. The Bertz CT molecular complexity index is 578. The van der Waals surface area contributed by atoms with E-state index in [1.54, 1.807) is 4.90 Å². The lowest BCUT2D eigenvalue weighted by Gasteiger charge is -2.36. The number of benzene rings is 1. The highest BCUT2D eigenvalue weighted by atomic mass is 19.1. The highest BCUT2D eigenvalue weighted by Crippen LogP contribution is 2.32. The highest BCUT2D eigenvalue weighted by Gasteiger charge is 2.29. The molecule has 8 heteroatoms. The van der Waals surface area contributed by atoms with Crippen LogP contribution in [0.15, 0.2) is 12.1 Å². The van der Waals surface area contributed by atoms with Crippen molar-refractivity contribution in [1.82, 2.24) is 0 Å². The van der Waals surface area contributed by atoms with Crippen LogP contribution in [0.25, 0.3) is 0 Å². The van der Waals surface area contributed by atoms with Gasteiger partial charge in [-0.3, -0.25) is 10.1 Å². The number of nitrogens with zero attached hydrogens (tertiary/aromatic N) is 2. The normalized spacial score (nSPS) is 18.6. The van der Waals surface area contributed by atoms with Crippen molar-refractivity contribution < 1.29 is 24.3 Å². The summed E-state index contributed by atoms with van der Waals surface area (Å²) < 4.78 is 14.1. The molecule has 1 atom stereocenters. The van der Waals surface area contributed by atoms with Crippen LogP contribution in [0.5, 0.6) is 0 Å². The first kappa shape index (κ1) is 15.2. The van der Waals surface area contributed by atoms with Gasteiger partial charge in [0.2, 0.25) is 0 Å². The van der Waals surface area contributed by atoms with E-state index in [0.29, 0.717) is 19.0 Å². The molecule has 1 heterocycles. The molecule has 0 radical (unpaired) electrons. The summed E-state index contributed by atoms with van der Waals surface area (Å²) in [6, 6.07) is 1.29. The number of anilines is 1. The van der Waals surface area contributed by atoms with Gasteiger partial charge in [0, 0.05) is 6.54 Å². The summed E-state index contributed by atoms with van der Waals surface area (Å²) in [4.78, 5) is 22.6. The molecule has 1 saturated heterocycles. The molecule has 0 saturated carbocycles. The van der Waals surface area contributed by atoms with Crippen molar-refractivity contribution in [2.45, 2.75) is 25.3 Å². The fourth-order valence-corrected chi connectivity index (χ4v) is 2.60. The number of aliphatic hydroxyl groups excluding tert-OH is 1. The summed E-state index contributed by atoms with van der Waals surface area (Å²) in [6.07, 6.45) is 2.34. The van der Waals surface area contributed by atoms with E-state index in [-0.39, 0.29) is 18.3 Å². The number of nitro groups is 1. The second kappa shape index (κ2) is 6.04. The molecule has 21 heavy (non-hydrogen) atoms. The van der Waals surface area contributed by atoms with Crippen LogP contribution in [0.4, 0.5) is 15.8 Å². The minimum Gasteiger partial charge on any atom is -0.477 e. The lowest BCUT2D eigenvalue weighted by Crippen LogP contribution is -2.42. The average Bonchev–Trinajstić information content (AvgIpc) is 2.46. The fraction of sp³-hybridized carbons (Fsp3) is 0.462. The third kappa shape index (κ3) is 2.94. The van der Waals surface area contributed by atoms with E-state index in [0.717, 1.165) is 18.9 Å². The van der Waals surface area contributed by atoms with Crippen LogP contribution >= 0.6 is 0 Å². The topological polar surface area (TPSA) is 104 Å². The van der Waals surface area contributed by atoms with E-state index >= 15 is 0 Å². The van der Waals surface area contributed by atoms with Gasteiger partial charge in [0.1, 0.15) is 5.56 Å². The Morgan fingerprint density at radius 1 is 1.48 bits per heavy atom. The summed E-state index contributed by atoms with van der Waals surface area (Å²) in [5.74, 6) is -2.34. The molecule has 0 amide bonds. The minimum absolute atomic E-state index is 0.0169. The molecule has 1 aromatic rings. The molecule has 0 bridgehead atoms. The van der Waals surface area contributed by atoms with Crippen molar-refractivity contribution in [3.05, 3.63) is 33.6 Å². The second-order valence-corrected chi connectivity index (χ2v) is 4.91. The molecule has 1 fully saturated rings. The number of aromatic carboxylic acids is 1. The monoisotopic (exact) mass is 298 g/mol. The number of halogens is 1. The summed E-state index contributed by atoms with van der Waals surface area (Å²) in [5, 5.41) is 29.2. The summed E-state index contributed by atoms with van der Waals surface area (Å²) in [6.45, 7) is 0.290. The summed E-state index contributed by atoms with van der Waals surface area (Å²) >= 11 is 0. The zero-order chi connectivity index (χ0) is 15.6. The lowest BCUT2D eigenvalue weighted by molar-refractivity contribution is -0.385. The zero-order valence-corrected chi connectivity index (χ0v) is 11.2. The first-order valence-corrected chi connectivity index (χ1v) is 6.54. The van der Waals surface area contributed by atoms with Gasteiger partial charge in [-0.2, -0.15) is 0 Å². The predicted octanol–water partition coefficient (Wildman–Crippen LogP) is 1.78. The molecule has 2 rings (SSSR count). The number of rotatable bonds is 4. The van der Waals surface area contributed by atoms with Crippen molar-refractivity contribution in [1.29, 1.82) is 0 Å². The first-order valence-electron chi connectivity index (χ1n) is 6.54. The van der Waals surface area contributed by atoms with Crippen LogP contribution in [-0.4, -0.2) is 40.3 Å². The number of carboxylic acids is 1. The molecular weight excluding hydrogens is 283 g/mol. The van der Waals surface area contributed by atoms with Gasteiger partial charge in [-0.1, -0.05) is 0 Å². The molecule has 1 unspecified atom stereocenters. The van der Waals surface area contributed by atoms with Crippen molar-refractivity contribution in [3.63, 3.8) is 0 Å². The van der Waals surface area contributed by atoms with Crippen LogP contribution in [0.2, 0.25) is 0 Å². The van der Waals surface area contributed by atoms with Crippen molar-refractivity contribution >= 4 is 17.3 Å². The van der Waals surface area contributed by atoms with Crippen LogP contribution in [0.3, 0.4) is 0 Å². The van der Waals surface area contributed by atoms with Gasteiger partial charge in [-0.15, -0.1) is 0 Å². The minimum atomic E-state index is -1.49. The molecule has 7 nitrogen and oxygen atoms in total. The van der Waals surface area contributed by atoms with Gasteiger partial charge in [0.05, 0.1) is 29.3 Å².